The molecule has 96 valence electrons. The third-order valence-corrected chi connectivity index (χ3v) is 2.99. The van der Waals surface area contributed by atoms with Gasteiger partial charge < -0.3 is 10.4 Å². The average molecular weight is 312 g/mol. The van der Waals surface area contributed by atoms with Crippen molar-refractivity contribution in [2.75, 3.05) is 0 Å². The zero-order chi connectivity index (χ0) is 13.7. The van der Waals surface area contributed by atoms with Gasteiger partial charge in [-0.3, -0.25) is 9.59 Å². The molecule has 18 heavy (non-hydrogen) atoms. The Morgan fingerprint density at radius 3 is 2.67 bits per heavy atom. The fourth-order valence-corrected chi connectivity index (χ4v) is 1.88. The summed E-state index contributed by atoms with van der Waals surface area (Å²) in [6.07, 6.45) is 2.95. The molecular formula is C13H14BrNO3. The van der Waals surface area contributed by atoms with Crippen molar-refractivity contribution in [3.63, 3.8) is 0 Å². The summed E-state index contributed by atoms with van der Waals surface area (Å²) in [7, 11) is 0. The number of amides is 1. The number of carbonyl (C=O) groups excluding carboxylic acids is 1. The number of halogens is 1. The summed E-state index contributed by atoms with van der Waals surface area (Å²) in [6, 6.07) is 4.85. The van der Waals surface area contributed by atoms with Gasteiger partial charge in [-0.05, 0) is 37.1 Å². The van der Waals surface area contributed by atoms with Gasteiger partial charge in [0.15, 0.2) is 0 Å². The zero-order valence-corrected chi connectivity index (χ0v) is 11.7. The predicted molar refractivity (Wildman–Crippen MR) is 73.2 cm³/mol. The molecule has 0 fully saturated rings. The summed E-state index contributed by atoms with van der Waals surface area (Å²) in [5.41, 5.74) is 1.97. The summed E-state index contributed by atoms with van der Waals surface area (Å²) in [5.74, 6) is -1.49. The number of benzene rings is 1. The first kappa shape index (κ1) is 14.4. The van der Waals surface area contributed by atoms with E-state index in [-0.39, 0.29) is 0 Å². The molecular weight excluding hydrogens is 298 g/mol. The van der Waals surface area contributed by atoms with Gasteiger partial charge in [-0.15, -0.1) is 0 Å². The first-order valence-corrected chi connectivity index (χ1v) is 6.17. The maximum absolute atomic E-state index is 11.4. The van der Waals surface area contributed by atoms with Crippen LogP contribution in [-0.4, -0.2) is 23.0 Å². The van der Waals surface area contributed by atoms with E-state index in [1.54, 1.807) is 6.08 Å². The molecule has 1 rings (SSSR count). The summed E-state index contributed by atoms with van der Waals surface area (Å²) < 4.78 is 0.887. The van der Waals surface area contributed by atoms with E-state index in [1.807, 2.05) is 25.1 Å². The number of aryl methyl sites for hydroxylation is 1. The van der Waals surface area contributed by atoms with E-state index in [0.29, 0.717) is 0 Å². The fraction of sp³-hybridized carbons (Fsp3) is 0.231. The van der Waals surface area contributed by atoms with Gasteiger partial charge in [0.1, 0.15) is 6.04 Å². The van der Waals surface area contributed by atoms with E-state index in [1.165, 1.54) is 13.0 Å². The van der Waals surface area contributed by atoms with Crippen molar-refractivity contribution in [1.82, 2.24) is 5.32 Å². The molecule has 0 bridgehead atoms. The highest BCUT2D eigenvalue weighted by Gasteiger charge is 2.11. The molecule has 0 unspecified atom stereocenters. The van der Waals surface area contributed by atoms with Gasteiger partial charge >= 0.3 is 5.97 Å². The highest BCUT2D eigenvalue weighted by molar-refractivity contribution is 9.10. The van der Waals surface area contributed by atoms with E-state index in [9.17, 15) is 9.59 Å². The minimum atomic E-state index is -1.06. The largest absolute Gasteiger partial charge is 0.480 e. The number of carboxylic acid groups (broad SMARTS) is 1. The van der Waals surface area contributed by atoms with Gasteiger partial charge in [-0.1, -0.05) is 28.1 Å². The molecule has 0 aliphatic heterocycles. The maximum atomic E-state index is 11.4. The molecule has 0 spiro atoms. The van der Waals surface area contributed by atoms with Crippen LogP contribution >= 0.6 is 15.9 Å². The second kappa shape index (κ2) is 6.35. The highest BCUT2D eigenvalue weighted by Crippen LogP contribution is 2.19. The van der Waals surface area contributed by atoms with Crippen LogP contribution in [0, 0.1) is 6.92 Å². The lowest BCUT2D eigenvalue weighted by Crippen LogP contribution is -2.37. The molecule has 0 aliphatic rings. The Bertz CT molecular complexity index is 497. The number of hydrogen-bond donors (Lipinski definition) is 2. The van der Waals surface area contributed by atoms with Crippen molar-refractivity contribution in [1.29, 1.82) is 0 Å². The van der Waals surface area contributed by atoms with Crippen LogP contribution in [0.2, 0.25) is 0 Å². The minimum Gasteiger partial charge on any atom is -0.480 e. The standard InChI is InChI=1S/C13H14BrNO3/c1-8-3-4-10(11(14)7-8)5-6-12(16)15-9(2)13(17)18/h3-7,9H,1-2H3,(H,15,16)(H,17,18)/t9-/m1/s1. The van der Waals surface area contributed by atoms with Crippen LogP contribution in [0.4, 0.5) is 0 Å². The van der Waals surface area contributed by atoms with Gasteiger partial charge in [0.25, 0.3) is 0 Å². The van der Waals surface area contributed by atoms with Crippen molar-refractivity contribution in [3.05, 3.63) is 39.9 Å². The molecule has 1 atom stereocenters. The number of nitrogens with one attached hydrogen (secondary N) is 1. The molecule has 0 saturated carbocycles. The Morgan fingerprint density at radius 2 is 2.11 bits per heavy atom. The topological polar surface area (TPSA) is 66.4 Å². The van der Waals surface area contributed by atoms with E-state index < -0.39 is 17.9 Å². The Hall–Kier alpha value is -1.62. The first-order chi connectivity index (χ1) is 8.40. The van der Waals surface area contributed by atoms with Crippen LogP contribution in [0.25, 0.3) is 6.08 Å². The lowest BCUT2D eigenvalue weighted by molar-refractivity contribution is -0.140. The Kier molecular flexibility index (Phi) is 5.09. The monoisotopic (exact) mass is 311 g/mol. The average Bonchev–Trinajstić information content (AvgIpc) is 2.27. The van der Waals surface area contributed by atoms with Crippen molar-refractivity contribution >= 4 is 33.9 Å². The Labute approximate surface area is 114 Å². The maximum Gasteiger partial charge on any atom is 0.325 e. The van der Waals surface area contributed by atoms with Crippen LogP contribution in [0.1, 0.15) is 18.1 Å². The van der Waals surface area contributed by atoms with E-state index in [0.717, 1.165) is 15.6 Å². The smallest absolute Gasteiger partial charge is 0.325 e. The van der Waals surface area contributed by atoms with Gasteiger partial charge in [0.05, 0.1) is 0 Å². The molecule has 0 radical (unpaired) electrons. The number of rotatable bonds is 4. The number of aliphatic carboxylic acids is 1. The fourth-order valence-electron chi connectivity index (χ4n) is 1.26. The van der Waals surface area contributed by atoms with E-state index in [4.69, 9.17) is 5.11 Å². The van der Waals surface area contributed by atoms with Crippen molar-refractivity contribution < 1.29 is 14.7 Å². The molecule has 1 aromatic carbocycles. The molecule has 2 N–H and O–H groups in total. The van der Waals surface area contributed by atoms with Crippen LogP contribution in [-0.2, 0) is 9.59 Å². The quantitative estimate of drug-likeness (QED) is 0.839. The highest BCUT2D eigenvalue weighted by atomic mass is 79.9. The number of carbonyl (C=O) groups is 2. The minimum absolute atomic E-state index is 0.433. The zero-order valence-electron chi connectivity index (χ0n) is 10.1. The third-order valence-electron chi connectivity index (χ3n) is 2.30. The normalized spacial score (nSPS) is 12.4. The second-order valence-electron chi connectivity index (χ2n) is 3.93. The molecule has 4 nitrogen and oxygen atoms in total. The van der Waals surface area contributed by atoms with E-state index >= 15 is 0 Å². The predicted octanol–water partition coefficient (Wildman–Crippen LogP) is 2.36. The molecule has 0 heterocycles. The molecule has 0 aliphatic carbocycles. The number of hydrogen-bond acceptors (Lipinski definition) is 2. The summed E-state index contributed by atoms with van der Waals surface area (Å²) in [6.45, 7) is 3.38. The lowest BCUT2D eigenvalue weighted by Gasteiger charge is -2.06. The van der Waals surface area contributed by atoms with Crippen molar-refractivity contribution in [2.24, 2.45) is 0 Å². The SMILES string of the molecule is Cc1ccc(C=CC(=O)N[C@H](C)C(=O)O)c(Br)c1. The van der Waals surface area contributed by atoms with Crippen LogP contribution in [0.3, 0.4) is 0 Å². The van der Waals surface area contributed by atoms with Crippen LogP contribution in [0.5, 0.6) is 0 Å². The van der Waals surface area contributed by atoms with Crippen molar-refractivity contribution in [2.45, 2.75) is 19.9 Å². The van der Waals surface area contributed by atoms with E-state index in [2.05, 4.69) is 21.2 Å². The summed E-state index contributed by atoms with van der Waals surface area (Å²) in [5, 5.41) is 11.0. The van der Waals surface area contributed by atoms with Crippen LogP contribution in [0.15, 0.2) is 28.7 Å². The van der Waals surface area contributed by atoms with Gasteiger partial charge in [-0.25, -0.2) is 0 Å². The van der Waals surface area contributed by atoms with Gasteiger partial charge in [0.2, 0.25) is 5.91 Å². The van der Waals surface area contributed by atoms with Gasteiger partial charge in [-0.2, -0.15) is 0 Å². The van der Waals surface area contributed by atoms with Crippen molar-refractivity contribution in [3.8, 4) is 0 Å². The first-order valence-electron chi connectivity index (χ1n) is 5.37. The molecule has 1 aromatic rings. The molecule has 1 amide bonds. The van der Waals surface area contributed by atoms with Gasteiger partial charge in [0, 0.05) is 10.5 Å². The third kappa shape index (κ3) is 4.33. The summed E-state index contributed by atoms with van der Waals surface area (Å²) in [4.78, 5) is 22.0. The van der Waals surface area contributed by atoms with Crippen LogP contribution < -0.4 is 5.32 Å². The molecule has 5 heteroatoms. The number of carboxylic acids is 1. The second-order valence-corrected chi connectivity index (χ2v) is 4.78. The Morgan fingerprint density at radius 1 is 1.44 bits per heavy atom. The molecule has 0 aromatic heterocycles. The Balaban J connectivity index is 2.69. The lowest BCUT2D eigenvalue weighted by atomic mass is 10.1. The molecule has 0 saturated heterocycles. The summed E-state index contributed by atoms with van der Waals surface area (Å²) >= 11 is 3.39.